The third kappa shape index (κ3) is 3.56. The number of aryl methyl sites for hydroxylation is 2. The molecule has 3 rings (SSSR count). The normalized spacial score (nSPS) is 15.2. The predicted molar refractivity (Wildman–Crippen MR) is 96.6 cm³/mol. The number of rotatable bonds is 4. The lowest BCUT2D eigenvalue weighted by atomic mass is 9.96. The zero-order chi connectivity index (χ0) is 18.8. The number of nitrogens with two attached hydrogens (primary N) is 1. The molecule has 1 saturated heterocycles. The van der Waals surface area contributed by atoms with Crippen LogP contribution in [0.3, 0.4) is 0 Å². The minimum Gasteiger partial charge on any atom is -0.452 e. The molecule has 0 atom stereocenters. The van der Waals surface area contributed by atoms with Crippen molar-refractivity contribution < 1.29 is 19.1 Å². The molecule has 0 aliphatic carbocycles. The molecule has 3 N–H and O–H groups in total. The molecule has 0 unspecified atom stereocenters. The number of nitrogens with zero attached hydrogens (tertiary/aromatic N) is 1. The number of primary amides is 1. The first-order valence-corrected chi connectivity index (χ1v) is 8.70. The summed E-state index contributed by atoms with van der Waals surface area (Å²) in [6.07, 6.45) is 1.11. The van der Waals surface area contributed by atoms with Crippen LogP contribution < -0.4 is 5.73 Å². The van der Waals surface area contributed by atoms with Crippen molar-refractivity contribution in [3.63, 3.8) is 0 Å². The first kappa shape index (κ1) is 18.0. The van der Waals surface area contributed by atoms with Crippen molar-refractivity contribution in [2.45, 2.75) is 26.7 Å². The van der Waals surface area contributed by atoms with Gasteiger partial charge >= 0.3 is 5.97 Å². The molecule has 2 aromatic rings. The Morgan fingerprint density at radius 2 is 1.92 bits per heavy atom. The van der Waals surface area contributed by atoms with Crippen LogP contribution in [-0.4, -0.2) is 47.4 Å². The fraction of sp³-hybridized carbons (Fsp3) is 0.421. The van der Waals surface area contributed by atoms with E-state index in [1.165, 1.54) is 0 Å². The topological polar surface area (TPSA) is 105 Å². The minimum absolute atomic E-state index is 0.179. The van der Waals surface area contributed by atoms with Crippen molar-refractivity contribution in [3.05, 3.63) is 35.0 Å². The van der Waals surface area contributed by atoms with E-state index in [2.05, 4.69) is 4.98 Å². The Labute approximate surface area is 151 Å². The molecule has 1 aliphatic heterocycles. The van der Waals surface area contributed by atoms with Crippen LogP contribution in [0.4, 0.5) is 0 Å². The Balaban J connectivity index is 1.58. The molecule has 26 heavy (non-hydrogen) atoms. The molecule has 0 saturated carbocycles. The van der Waals surface area contributed by atoms with E-state index in [9.17, 15) is 14.4 Å². The third-order valence-electron chi connectivity index (χ3n) is 5.12. The summed E-state index contributed by atoms with van der Waals surface area (Å²) in [5, 5.41) is 0.969. The van der Waals surface area contributed by atoms with Gasteiger partial charge in [0.2, 0.25) is 5.91 Å². The second-order valence-corrected chi connectivity index (χ2v) is 6.77. The lowest BCUT2D eigenvalue weighted by molar-refractivity contribution is -0.137. The van der Waals surface area contributed by atoms with E-state index in [0.717, 1.165) is 22.2 Å². The Morgan fingerprint density at radius 3 is 2.58 bits per heavy atom. The fourth-order valence-corrected chi connectivity index (χ4v) is 3.30. The molecule has 7 nitrogen and oxygen atoms in total. The number of hydrogen-bond acceptors (Lipinski definition) is 4. The monoisotopic (exact) mass is 357 g/mol. The smallest absolute Gasteiger partial charge is 0.338 e. The maximum Gasteiger partial charge on any atom is 0.338 e. The van der Waals surface area contributed by atoms with E-state index in [1.807, 2.05) is 19.9 Å². The number of ether oxygens (including phenoxy) is 1. The highest BCUT2D eigenvalue weighted by Crippen LogP contribution is 2.23. The second-order valence-electron chi connectivity index (χ2n) is 6.77. The van der Waals surface area contributed by atoms with Crippen molar-refractivity contribution in [2.75, 3.05) is 19.7 Å². The van der Waals surface area contributed by atoms with Crippen molar-refractivity contribution >= 4 is 28.7 Å². The summed E-state index contributed by atoms with van der Waals surface area (Å²) >= 11 is 0. The largest absolute Gasteiger partial charge is 0.452 e. The summed E-state index contributed by atoms with van der Waals surface area (Å²) in [6, 6.07) is 5.30. The Morgan fingerprint density at radius 1 is 1.23 bits per heavy atom. The van der Waals surface area contributed by atoms with Crippen molar-refractivity contribution in [1.29, 1.82) is 0 Å². The number of piperidine rings is 1. The van der Waals surface area contributed by atoms with Gasteiger partial charge in [0.15, 0.2) is 6.61 Å². The summed E-state index contributed by atoms with van der Waals surface area (Å²) in [5.74, 6) is -1.28. The molecule has 1 fully saturated rings. The number of hydrogen-bond donors (Lipinski definition) is 2. The Kier molecular flexibility index (Phi) is 4.97. The summed E-state index contributed by atoms with van der Waals surface area (Å²) in [4.78, 5) is 40.5. The highest BCUT2D eigenvalue weighted by Gasteiger charge is 2.26. The van der Waals surface area contributed by atoms with Gasteiger partial charge in [-0.15, -0.1) is 0 Å². The number of benzene rings is 1. The maximum absolute atomic E-state index is 12.3. The molecule has 0 radical (unpaired) electrons. The average Bonchev–Trinajstić information content (AvgIpc) is 2.93. The summed E-state index contributed by atoms with van der Waals surface area (Å²) in [6.45, 7) is 4.58. The lowest BCUT2D eigenvalue weighted by Crippen LogP contribution is -2.43. The van der Waals surface area contributed by atoms with Crippen LogP contribution in [-0.2, 0) is 14.3 Å². The average molecular weight is 357 g/mol. The van der Waals surface area contributed by atoms with Crippen LogP contribution in [0.5, 0.6) is 0 Å². The Bertz CT molecular complexity index is 863. The van der Waals surface area contributed by atoms with Gasteiger partial charge in [-0.2, -0.15) is 0 Å². The molecule has 1 aromatic carbocycles. The number of H-pyrrole nitrogens is 1. The molecule has 0 spiro atoms. The standard InChI is InChI=1S/C19H23N3O4/c1-11-12(2)21-16-4-3-14(9-15(11)16)19(25)26-10-17(23)22-7-5-13(6-8-22)18(20)24/h3-4,9,13,21H,5-8,10H2,1-2H3,(H2,20,24). The van der Waals surface area contributed by atoms with Gasteiger partial charge in [0.05, 0.1) is 5.56 Å². The van der Waals surface area contributed by atoms with Gasteiger partial charge in [-0.05, 0) is 50.5 Å². The Hall–Kier alpha value is -2.83. The van der Waals surface area contributed by atoms with Crippen LogP contribution in [0.25, 0.3) is 10.9 Å². The van der Waals surface area contributed by atoms with Crippen molar-refractivity contribution in [3.8, 4) is 0 Å². The van der Waals surface area contributed by atoms with Crippen LogP contribution >= 0.6 is 0 Å². The van der Waals surface area contributed by atoms with Gasteiger partial charge in [-0.1, -0.05) is 0 Å². The lowest BCUT2D eigenvalue weighted by Gasteiger charge is -2.30. The molecule has 138 valence electrons. The number of aromatic nitrogens is 1. The summed E-state index contributed by atoms with van der Waals surface area (Å²) < 4.78 is 5.18. The van der Waals surface area contributed by atoms with Gasteiger partial charge in [-0.3, -0.25) is 9.59 Å². The first-order valence-electron chi connectivity index (χ1n) is 8.70. The van der Waals surface area contributed by atoms with Gasteiger partial charge in [0.1, 0.15) is 0 Å². The molecular weight excluding hydrogens is 334 g/mol. The number of carbonyl (C=O) groups is 3. The van der Waals surface area contributed by atoms with Crippen molar-refractivity contribution in [2.24, 2.45) is 11.7 Å². The fourth-order valence-electron chi connectivity index (χ4n) is 3.30. The zero-order valence-electron chi connectivity index (χ0n) is 15.0. The second kappa shape index (κ2) is 7.19. The maximum atomic E-state index is 12.3. The molecular formula is C19H23N3O4. The number of likely N-dealkylation sites (tertiary alicyclic amines) is 1. The van der Waals surface area contributed by atoms with E-state index in [-0.39, 0.29) is 24.3 Å². The number of carbonyl (C=O) groups excluding carboxylic acids is 3. The molecule has 0 bridgehead atoms. The molecule has 7 heteroatoms. The number of aromatic amines is 1. The highest BCUT2D eigenvalue weighted by molar-refractivity contribution is 5.96. The molecule has 2 heterocycles. The van der Waals surface area contributed by atoms with E-state index in [1.54, 1.807) is 17.0 Å². The van der Waals surface area contributed by atoms with Crippen LogP contribution in [0, 0.1) is 19.8 Å². The van der Waals surface area contributed by atoms with E-state index >= 15 is 0 Å². The summed E-state index contributed by atoms with van der Waals surface area (Å²) in [7, 11) is 0. The number of nitrogens with one attached hydrogen (secondary N) is 1. The molecule has 1 aromatic heterocycles. The molecule has 2 amide bonds. The highest BCUT2D eigenvalue weighted by atomic mass is 16.5. The van der Waals surface area contributed by atoms with Gasteiger partial charge in [-0.25, -0.2) is 4.79 Å². The quantitative estimate of drug-likeness (QED) is 0.812. The van der Waals surface area contributed by atoms with E-state index in [0.29, 0.717) is 31.5 Å². The first-order chi connectivity index (χ1) is 12.4. The van der Waals surface area contributed by atoms with Crippen LogP contribution in [0.15, 0.2) is 18.2 Å². The minimum atomic E-state index is -0.523. The predicted octanol–water partition coefficient (Wildman–Crippen LogP) is 1.67. The number of amides is 2. The molecule has 1 aliphatic rings. The van der Waals surface area contributed by atoms with E-state index < -0.39 is 5.97 Å². The van der Waals surface area contributed by atoms with Gasteiger partial charge < -0.3 is 20.4 Å². The zero-order valence-corrected chi connectivity index (χ0v) is 15.0. The van der Waals surface area contributed by atoms with Crippen LogP contribution in [0.2, 0.25) is 0 Å². The summed E-state index contributed by atoms with van der Waals surface area (Å²) in [5.41, 5.74) is 8.81. The van der Waals surface area contributed by atoms with Gasteiger partial charge in [0.25, 0.3) is 5.91 Å². The van der Waals surface area contributed by atoms with E-state index in [4.69, 9.17) is 10.5 Å². The van der Waals surface area contributed by atoms with Crippen molar-refractivity contribution in [1.82, 2.24) is 9.88 Å². The number of esters is 1. The number of fused-ring (bicyclic) bond motifs is 1. The van der Waals surface area contributed by atoms with Gasteiger partial charge in [0, 0.05) is 35.6 Å². The SMILES string of the molecule is Cc1[nH]c2ccc(C(=O)OCC(=O)N3CCC(C(N)=O)CC3)cc2c1C. The third-order valence-corrected chi connectivity index (χ3v) is 5.12. The van der Waals surface area contributed by atoms with Crippen LogP contribution in [0.1, 0.15) is 34.5 Å².